The molecule has 2 saturated carbocycles. The minimum atomic E-state index is -0.694. The molecule has 0 atom stereocenters. The van der Waals surface area contributed by atoms with Crippen LogP contribution in [0.3, 0.4) is 0 Å². The van der Waals surface area contributed by atoms with Gasteiger partial charge >= 0.3 is 5.97 Å². The van der Waals surface area contributed by atoms with Crippen molar-refractivity contribution in [3.05, 3.63) is 82.1 Å². The van der Waals surface area contributed by atoms with Crippen LogP contribution >= 0.6 is 11.5 Å². The quantitative estimate of drug-likeness (QED) is 0.154. The van der Waals surface area contributed by atoms with E-state index in [0.29, 0.717) is 48.5 Å². The fraction of sp³-hybridized carbons (Fsp3) is 0.421. The number of hydrogen-bond acceptors (Lipinski definition) is 8. The first kappa shape index (κ1) is 34.4. The third-order valence-electron chi connectivity index (χ3n) is 10.1. The molecule has 1 aromatic heterocycles. The molecule has 0 saturated heterocycles. The standard InChI is InChI=1S/C38H42FN3O6S/c1-23-32(33(49-42-23)35(44)40-22-37(2)15-8-16-37)41-34(43)28-19-31(29(39)20-30(28)46-4)48-26-13-17-38(3,18-14-26)36(45)47-21-25-11-7-10-24-9-5-6-12-27(24)25/h5-7,9-12,19-20,26H,8,13-18,21-22H2,1-4H3,(H,40,44)(H,41,43)/t26-,38+. The van der Waals surface area contributed by atoms with Gasteiger partial charge in [-0.05, 0) is 91.7 Å². The first-order chi connectivity index (χ1) is 23.5. The van der Waals surface area contributed by atoms with Gasteiger partial charge in [0.05, 0.1) is 35.6 Å². The van der Waals surface area contributed by atoms with E-state index in [1.54, 1.807) is 6.92 Å². The van der Waals surface area contributed by atoms with Gasteiger partial charge < -0.3 is 24.8 Å². The molecule has 258 valence electrons. The van der Waals surface area contributed by atoms with E-state index in [4.69, 9.17) is 14.2 Å². The Kier molecular flexibility index (Phi) is 9.92. The Bertz CT molecular complexity index is 1870. The molecule has 0 spiro atoms. The lowest BCUT2D eigenvalue weighted by Crippen LogP contribution is -2.39. The Morgan fingerprint density at radius 2 is 1.71 bits per heavy atom. The predicted octanol–water partition coefficient (Wildman–Crippen LogP) is 8.00. The van der Waals surface area contributed by atoms with E-state index in [2.05, 4.69) is 21.9 Å². The summed E-state index contributed by atoms with van der Waals surface area (Å²) < 4.78 is 36.8. The number of nitrogens with one attached hydrogen (secondary N) is 2. The number of rotatable bonds is 11. The van der Waals surface area contributed by atoms with Crippen molar-refractivity contribution in [2.45, 2.75) is 78.4 Å². The highest BCUT2D eigenvalue weighted by molar-refractivity contribution is 7.08. The highest BCUT2D eigenvalue weighted by Gasteiger charge is 2.40. The first-order valence-corrected chi connectivity index (χ1v) is 17.5. The summed E-state index contributed by atoms with van der Waals surface area (Å²) in [5.41, 5.74) is 1.20. The molecular formula is C38H42FN3O6S. The van der Waals surface area contributed by atoms with Gasteiger partial charge in [0.1, 0.15) is 17.2 Å². The topological polar surface area (TPSA) is 116 Å². The minimum Gasteiger partial charge on any atom is -0.496 e. The van der Waals surface area contributed by atoms with Crippen molar-refractivity contribution >= 4 is 45.8 Å². The summed E-state index contributed by atoms with van der Waals surface area (Å²) >= 11 is 1.01. The lowest BCUT2D eigenvalue weighted by molar-refractivity contribution is -0.159. The first-order valence-electron chi connectivity index (χ1n) is 16.7. The molecule has 0 aliphatic heterocycles. The van der Waals surface area contributed by atoms with Crippen LogP contribution < -0.4 is 20.1 Å². The number of amides is 2. The number of aryl methyl sites for hydroxylation is 1. The van der Waals surface area contributed by atoms with Crippen molar-refractivity contribution in [3.8, 4) is 11.5 Å². The Morgan fingerprint density at radius 3 is 2.43 bits per heavy atom. The number of aromatic nitrogens is 1. The highest BCUT2D eigenvalue weighted by atomic mass is 32.1. The summed E-state index contributed by atoms with van der Waals surface area (Å²) in [5.74, 6) is -1.89. The number of hydrogen-bond donors (Lipinski definition) is 2. The van der Waals surface area contributed by atoms with Crippen LogP contribution in [0.4, 0.5) is 10.1 Å². The molecule has 11 heteroatoms. The van der Waals surface area contributed by atoms with Crippen molar-refractivity contribution in [2.24, 2.45) is 10.8 Å². The van der Waals surface area contributed by atoms with Gasteiger partial charge in [-0.1, -0.05) is 55.8 Å². The Hall–Kier alpha value is -4.51. The van der Waals surface area contributed by atoms with Crippen molar-refractivity contribution in [3.63, 3.8) is 0 Å². The van der Waals surface area contributed by atoms with Crippen molar-refractivity contribution < 1.29 is 33.0 Å². The Balaban J connectivity index is 1.09. The Labute approximate surface area is 289 Å². The monoisotopic (exact) mass is 687 g/mol. The van der Waals surface area contributed by atoms with E-state index < -0.39 is 17.1 Å². The molecule has 49 heavy (non-hydrogen) atoms. The third kappa shape index (κ3) is 7.41. The summed E-state index contributed by atoms with van der Waals surface area (Å²) in [6, 6.07) is 16.4. The van der Waals surface area contributed by atoms with Crippen LogP contribution in [-0.4, -0.2) is 41.9 Å². The number of benzene rings is 3. The second-order valence-electron chi connectivity index (χ2n) is 13.8. The van der Waals surface area contributed by atoms with Crippen LogP contribution in [0.25, 0.3) is 10.8 Å². The maximum absolute atomic E-state index is 15.2. The van der Waals surface area contributed by atoms with E-state index >= 15 is 4.39 Å². The van der Waals surface area contributed by atoms with E-state index in [1.807, 2.05) is 49.4 Å². The summed E-state index contributed by atoms with van der Waals surface area (Å²) in [6.07, 6.45) is 4.93. The molecule has 6 rings (SSSR count). The number of esters is 1. The molecule has 4 aromatic rings. The summed E-state index contributed by atoms with van der Waals surface area (Å²) in [6.45, 7) is 6.49. The van der Waals surface area contributed by atoms with Gasteiger partial charge in [0.2, 0.25) is 0 Å². The maximum Gasteiger partial charge on any atom is 0.312 e. The maximum atomic E-state index is 15.2. The fourth-order valence-corrected chi connectivity index (χ4v) is 7.39. The van der Waals surface area contributed by atoms with Crippen molar-refractivity contribution in [2.75, 3.05) is 19.0 Å². The molecule has 3 aromatic carbocycles. The van der Waals surface area contributed by atoms with E-state index in [1.165, 1.54) is 13.2 Å². The molecule has 0 bridgehead atoms. The smallest absolute Gasteiger partial charge is 0.312 e. The zero-order valence-electron chi connectivity index (χ0n) is 28.3. The molecule has 2 amide bonds. The average molecular weight is 688 g/mol. The van der Waals surface area contributed by atoms with E-state index in [-0.39, 0.29) is 47.1 Å². The van der Waals surface area contributed by atoms with Crippen LogP contribution in [-0.2, 0) is 16.1 Å². The number of carbonyl (C=O) groups excluding carboxylic acids is 3. The van der Waals surface area contributed by atoms with Crippen molar-refractivity contribution in [1.29, 1.82) is 0 Å². The van der Waals surface area contributed by atoms with Gasteiger partial charge in [0, 0.05) is 12.6 Å². The van der Waals surface area contributed by atoms with Crippen LogP contribution in [0.5, 0.6) is 11.5 Å². The number of methoxy groups -OCH3 is 1. The van der Waals surface area contributed by atoms with Gasteiger partial charge in [-0.15, -0.1) is 0 Å². The van der Waals surface area contributed by atoms with Crippen LogP contribution in [0.1, 0.15) is 90.1 Å². The molecule has 2 aliphatic carbocycles. The second-order valence-corrected chi connectivity index (χ2v) is 14.6. The Morgan fingerprint density at radius 1 is 0.980 bits per heavy atom. The number of ether oxygens (including phenoxy) is 3. The largest absolute Gasteiger partial charge is 0.496 e. The van der Waals surface area contributed by atoms with Gasteiger partial charge in [-0.2, -0.15) is 4.37 Å². The SMILES string of the molecule is COc1cc(F)c(O[C@H]2CC[C@@](C)(C(=O)OCc3cccc4ccccc34)CC2)cc1C(=O)Nc1c(C)nsc1C(=O)NCC1(C)CCC1. The zero-order chi connectivity index (χ0) is 34.8. The summed E-state index contributed by atoms with van der Waals surface area (Å²) in [4.78, 5) is 40.2. The number of nitrogens with zero attached hydrogens (tertiary/aromatic N) is 1. The molecular weight excluding hydrogens is 645 g/mol. The molecule has 1 heterocycles. The number of carbonyl (C=O) groups is 3. The van der Waals surface area contributed by atoms with E-state index in [0.717, 1.165) is 53.2 Å². The molecule has 2 fully saturated rings. The van der Waals surface area contributed by atoms with Gasteiger partial charge in [0.25, 0.3) is 11.8 Å². The summed E-state index contributed by atoms with van der Waals surface area (Å²) in [7, 11) is 1.35. The van der Waals surface area contributed by atoms with E-state index in [9.17, 15) is 14.4 Å². The van der Waals surface area contributed by atoms with Crippen LogP contribution in [0.2, 0.25) is 0 Å². The van der Waals surface area contributed by atoms with Crippen LogP contribution in [0.15, 0.2) is 54.6 Å². The minimum absolute atomic E-state index is 0.0252. The molecule has 9 nitrogen and oxygen atoms in total. The van der Waals surface area contributed by atoms with Gasteiger partial charge in [-0.3, -0.25) is 14.4 Å². The molecule has 2 aliphatic rings. The summed E-state index contributed by atoms with van der Waals surface area (Å²) in [5, 5.41) is 7.93. The zero-order valence-corrected chi connectivity index (χ0v) is 29.1. The molecule has 0 unspecified atom stereocenters. The number of fused-ring (bicyclic) bond motifs is 1. The molecule has 0 radical (unpaired) electrons. The predicted molar refractivity (Wildman–Crippen MR) is 187 cm³/mol. The molecule has 2 N–H and O–H groups in total. The lowest BCUT2D eigenvalue weighted by Gasteiger charge is -2.38. The van der Waals surface area contributed by atoms with Crippen molar-refractivity contribution in [1.82, 2.24) is 9.69 Å². The average Bonchev–Trinajstić information content (AvgIpc) is 3.45. The van der Waals surface area contributed by atoms with Gasteiger partial charge in [0.15, 0.2) is 11.6 Å². The third-order valence-corrected chi connectivity index (χ3v) is 11.0. The van der Waals surface area contributed by atoms with Crippen LogP contribution in [0, 0.1) is 23.6 Å². The van der Waals surface area contributed by atoms with Gasteiger partial charge in [-0.25, -0.2) is 4.39 Å². The number of anilines is 1. The number of halogens is 1. The second kappa shape index (κ2) is 14.2. The normalized spacial score (nSPS) is 19.8. The lowest BCUT2D eigenvalue weighted by atomic mass is 9.70. The fourth-order valence-electron chi connectivity index (χ4n) is 6.62. The highest BCUT2D eigenvalue weighted by Crippen LogP contribution is 2.41.